The number of carbonyl (C=O) groups is 1. The molecule has 28 heavy (non-hydrogen) atoms. The van der Waals surface area contributed by atoms with E-state index in [0.29, 0.717) is 55.7 Å². The van der Waals surface area contributed by atoms with Crippen LogP contribution in [0.2, 0.25) is 0 Å². The predicted octanol–water partition coefficient (Wildman–Crippen LogP) is 2.38. The zero-order valence-corrected chi connectivity index (χ0v) is 16.5. The average molecular weight is 407 g/mol. The second-order valence-electron chi connectivity index (χ2n) is 6.43. The van der Waals surface area contributed by atoms with E-state index in [4.69, 9.17) is 14.2 Å². The van der Waals surface area contributed by atoms with Crippen LogP contribution in [0.4, 0.5) is 5.82 Å². The van der Waals surface area contributed by atoms with Gasteiger partial charge in [-0.2, -0.15) is 0 Å². The van der Waals surface area contributed by atoms with E-state index >= 15 is 0 Å². The predicted molar refractivity (Wildman–Crippen MR) is 106 cm³/mol. The molecule has 8 nitrogen and oxygen atoms in total. The lowest BCUT2D eigenvalue weighted by Crippen LogP contribution is -2.49. The average Bonchev–Trinajstić information content (AvgIpc) is 3.20. The number of anilines is 1. The largest absolute Gasteiger partial charge is 0.477 e. The van der Waals surface area contributed by atoms with E-state index in [1.807, 2.05) is 24.0 Å². The van der Waals surface area contributed by atoms with Gasteiger partial charge in [0.1, 0.15) is 0 Å². The maximum absolute atomic E-state index is 12.8. The first-order valence-corrected chi connectivity index (χ1v) is 9.15. The minimum atomic E-state index is 0. The normalized spacial score (nSPS) is 15.2. The molecular weight excluding hydrogens is 384 g/mol. The Labute approximate surface area is 169 Å². The van der Waals surface area contributed by atoms with Gasteiger partial charge in [0.05, 0.1) is 6.61 Å². The minimum Gasteiger partial charge on any atom is -0.477 e. The fourth-order valence-electron chi connectivity index (χ4n) is 3.12. The van der Waals surface area contributed by atoms with Crippen LogP contribution in [0.3, 0.4) is 0 Å². The van der Waals surface area contributed by atoms with Gasteiger partial charge in [0.25, 0.3) is 5.91 Å². The molecule has 1 fully saturated rings. The molecule has 1 aromatic carbocycles. The van der Waals surface area contributed by atoms with Crippen LogP contribution >= 0.6 is 12.4 Å². The van der Waals surface area contributed by atoms with Crippen LogP contribution in [0.1, 0.15) is 23.7 Å². The number of rotatable bonds is 5. The van der Waals surface area contributed by atoms with Crippen LogP contribution in [0.25, 0.3) is 0 Å². The Morgan fingerprint density at radius 2 is 1.86 bits per heavy atom. The van der Waals surface area contributed by atoms with Crippen molar-refractivity contribution in [3.8, 4) is 17.4 Å². The van der Waals surface area contributed by atoms with Crippen molar-refractivity contribution in [3.05, 3.63) is 35.9 Å². The summed E-state index contributed by atoms with van der Waals surface area (Å²) >= 11 is 0. The Balaban J connectivity index is 0.00000225. The summed E-state index contributed by atoms with van der Waals surface area (Å²) in [6, 6.07) is 9.05. The van der Waals surface area contributed by atoms with Gasteiger partial charge in [-0.05, 0) is 30.7 Å². The molecule has 3 heterocycles. The van der Waals surface area contributed by atoms with E-state index in [9.17, 15) is 4.79 Å². The highest BCUT2D eigenvalue weighted by molar-refractivity contribution is 5.95. The Kier molecular flexibility index (Phi) is 6.41. The summed E-state index contributed by atoms with van der Waals surface area (Å²) in [6.07, 6.45) is 0.933. The summed E-state index contributed by atoms with van der Waals surface area (Å²) in [4.78, 5) is 16.7. The van der Waals surface area contributed by atoms with Crippen molar-refractivity contribution in [2.45, 2.75) is 13.3 Å². The number of fused-ring (bicyclic) bond motifs is 1. The smallest absolute Gasteiger partial charge is 0.254 e. The topological polar surface area (TPSA) is 77.0 Å². The van der Waals surface area contributed by atoms with E-state index in [1.165, 1.54) is 0 Å². The molecule has 1 aromatic heterocycles. The number of amides is 1. The Bertz CT molecular complexity index is 810. The molecule has 2 aliphatic heterocycles. The molecule has 0 atom stereocenters. The first-order valence-electron chi connectivity index (χ1n) is 9.15. The molecule has 9 heteroatoms. The van der Waals surface area contributed by atoms with Crippen LogP contribution in [-0.2, 0) is 0 Å². The number of hydrogen-bond donors (Lipinski definition) is 0. The Morgan fingerprint density at radius 3 is 2.57 bits per heavy atom. The SMILES string of the molecule is CCCOc1ccc(N2CCN(C(=O)c3ccc4c(c3)OCO4)CC2)nn1.Cl. The third-order valence-electron chi connectivity index (χ3n) is 4.59. The number of carbonyl (C=O) groups excluding carboxylic acids is 1. The monoisotopic (exact) mass is 406 g/mol. The van der Waals surface area contributed by atoms with Crippen LogP contribution in [0, 0.1) is 0 Å². The van der Waals surface area contributed by atoms with E-state index in [2.05, 4.69) is 15.1 Å². The molecule has 150 valence electrons. The first kappa shape index (κ1) is 20.0. The molecule has 0 radical (unpaired) electrons. The number of nitrogens with zero attached hydrogens (tertiary/aromatic N) is 4. The lowest BCUT2D eigenvalue weighted by molar-refractivity contribution is 0.0746. The highest BCUT2D eigenvalue weighted by Crippen LogP contribution is 2.33. The minimum absolute atomic E-state index is 0. The zero-order chi connectivity index (χ0) is 18.6. The van der Waals surface area contributed by atoms with Crippen LogP contribution < -0.4 is 19.1 Å². The highest BCUT2D eigenvalue weighted by Gasteiger charge is 2.24. The van der Waals surface area contributed by atoms with Crippen molar-refractivity contribution < 1.29 is 19.0 Å². The molecule has 0 bridgehead atoms. The maximum atomic E-state index is 12.8. The Hall–Kier alpha value is -2.74. The van der Waals surface area contributed by atoms with Crippen molar-refractivity contribution in [2.24, 2.45) is 0 Å². The fourth-order valence-corrected chi connectivity index (χ4v) is 3.12. The quantitative estimate of drug-likeness (QED) is 0.754. The van der Waals surface area contributed by atoms with Gasteiger partial charge in [0.15, 0.2) is 17.3 Å². The van der Waals surface area contributed by atoms with Gasteiger partial charge < -0.3 is 24.0 Å². The molecule has 0 spiro atoms. The molecule has 0 saturated carbocycles. The maximum Gasteiger partial charge on any atom is 0.254 e. The number of halogens is 1. The third-order valence-corrected chi connectivity index (χ3v) is 4.59. The lowest BCUT2D eigenvalue weighted by atomic mass is 10.1. The number of ether oxygens (including phenoxy) is 3. The summed E-state index contributed by atoms with van der Waals surface area (Å²) in [7, 11) is 0. The van der Waals surface area contributed by atoms with E-state index < -0.39 is 0 Å². The second-order valence-corrected chi connectivity index (χ2v) is 6.43. The summed E-state index contributed by atoms with van der Waals surface area (Å²) in [6.45, 7) is 5.56. The molecule has 0 aliphatic carbocycles. The standard InChI is InChI=1S/C19H22N4O4.ClH/c1-2-11-25-18-6-5-17(20-21-18)22-7-9-23(10-8-22)19(24)14-3-4-15-16(12-14)27-13-26-15;/h3-6,12H,2,7-11,13H2,1H3;1H. The Morgan fingerprint density at radius 1 is 1.07 bits per heavy atom. The van der Waals surface area contributed by atoms with Gasteiger partial charge in [-0.25, -0.2) is 0 Å². The van der Waals surface area contributed by atoms with Crippen molar-refractivity contribution in [3.63, 3.8) is 0 Å². The molecule has 4 rings (SSSR count). The molecule has 0 unspecified atom stereocenters. The van der Waals surface area contributed by atoms with Crippen molar-refractivity contribution in [1.29, 1.82) is 0 Å². The van der Waals surface area contributed by atoms with Gasteiger partial charge in [0.2, 0.25) is 12.7 Å². The van der Waals surface area contributed by atoms with Gasteiger partial charge in [-0.3, -0.25) is 4.79 Å². The van der Waals surface area contributed by atoms with E-state index in [0.717, 1.165) is 12.2 Å². The van der Waals surface area contributed by atoms with Gasteiger partial charge >= 0.3 is 0 Å². The molecule has 1 amide bonds. The van der Waals surface area contributed by atoms with E-state index in [-0.39, 0.29) is 25.1 Å². The highest BCUT2D eigenvalue weighted by atomic mass is 35.5. The third kappa shape index (κ3) is 4.22. The van der Waals surface area contributed by atoms with Crippen molar-refractivity contribution in [1.82, 2.24) is 15.1 Å². The molecule has 2 aromatic rings. The molecule has 2 aliphatic rings. The molecule has 0 N–H and O–H groups in total. The number of piperazine rings is 1. The first-order chi connectivity index (χ1) is 13.2. The molecule has 1 saturated heterocycles. The van der Waals surface area contributed by atoms with Gasteiger partial charge in [-0.1, -0.05) is 6.92 Å². The van der Waals surface area contributed by atoms with Gasteiger partial charge in [0, 0.05) is 37.8 Å². The van der Waals surface area contributed by atoms with Crippen molar-refractivity contribution >= 4 is 24.1 Å². The van der Waals surface area contributed by atoms with E-state index in [1.54, 1.807) is 18.2 Å². The van der Waals surface area contributed by atoms with Crippen molar-refractivity contribution in [2.75, 3.05) is 44.5 Å². The summed E-state index contributed by atoms with van der Waals surface area (Å²) in [5.41, 5.74) is 0.616. The van der Waals surface area contributed by atoms with Crippen LogP contribution in [0.15, 0.2) is 30.3 Å². The molecular formula is C19H23ClN4O4. The number of aromatic nitrogens is 2. The number of benzene rings is 1. The van der Waals surface area contributed by atoms with Crippen LogP contribution in [-0.4, -0.2) is 60.6 Å². The second kappa shape index (κ2) is 8.97. The summed E-state index contributed by atoms with van der Waals surface area (Å²) < 4.78 is 16.1. The van der Waals surface area contributed by atoms with Crippen LogP contribution in [0.5, 0.6) is 17.4 Å². The number of hydrogen-bond acceptors (Lipinski definition) is 7. The van der Waals surface area contributed by atoms with Gasteiger partial charge in [-0.15, -0.1) is 22.6 Å². The zero-order valence-electron chi connectivity index (χ0n) is 15.7. The summed E-state index contributed by atoms with van der Waals surface area (Å²) in [5.74, 6) is 2.65. The fraction of sp³-hybridized carbons (Fsp3) is 0.421. The summed E-state index contributed by atoms with van der Waals surface area (Å²) in [5, 5.41) is 8.35. The lowest BCUT2D eigenvalue weighted by Gasteiger charge is -2.35.